The van der Waals surface area contributed by atoms with Gasteiger partial charge in [0.25, 0.3) is 0 Å². The van der Waals surface area contributed by atoms with Gasteiger partial charge < -0.3 is 15.2 Å². The molecule has 17 heavy (non-hydrogen) atoms. The minimum absolute atomic E-state index is 0.0435. The Balaban J connectivity index is 2.02. The SMILES string of the molecule is Cc1c(CC2(N)CC2)c(Cl)cc2c1OCCO2. The number of nitrogens with two attached hydrogens (primary N) is 1. The molecule has 0 unspecified atom stereocenters. The fourth-order valence-electron chi connectivity index (χ4n) is 2.26. The molecule has 3 nitrogen and oxygen atoms in total. The van der Waals surface area contributed by atoms with E-state index in [2.05, 4.69) is 0 Å². The molecule has 0 saturated heterocycles. The number of fused-ring (bicyclic) bond motifs is 1. The molecule has 1 aliphatic heterocycles. The van der Waals surface area contributed by atoms with Crippen molar-refractivity contribution in [3.05, 3.63) is 22.2 Å². The van der Waals surface area contributed by atoms with Gasteiger partial charge in [0, 0.05) is 16.6 Å². The standard InChI is InChI=1S/C13H16ClNO2/c1-8-9(7-13(15)2-3-13)10(14)6-11-12(8)17-5-4-16-11/h6H,2-5,7,15H2,1H3. The zero-order valence-corrected chi connectivity index (χ0v) is 10.6. The van der Waals surface area contributed by atoms with Crippen molar-refractivity contribution in [1.82, 2.24) is 0 Å². The van der Waals surface area contributed by atoms with Crippen molar-refractivity contribution in [2.75, 3.05) is 13.2 Å². The van der Waals surface area contributed by atoms with E-state index in [0.29, 0.717) is 13.2 Å². The van der Waals surface area contributed by atoms with Gasteiger partial charge in [-0.2, -0.15) is 0 Å². The molecule has 1 aromatic carbocycles. The molecular formula is C13H16ClNO2. The molecule has 92 valence electrons. The van der Waals surface area contributed by atoms with Crippen LogP contribution in [0.5, 0.6) is 11.5 Å². The molecule has 1 aliphatic carbocycles. The molecule has 1 fully saturated rings. The second-order valence-electron chi connectivity index (χ2n) is 5.03. The molecule has 0 aromatic heterocycles. The van der Waals surface area contributed by atoms with Gasteiger partial charge in [-0.15, -0.1) is 0 Å². The number of rotatable bonds is 2. The Morgan fingerprint density at radius 1 is 1.35 bits per heavy atom. The Bertz CT molecular complexity index is 469. The van der Waals surface area contributed by atoms with E-state index < -0.39 is 0 Å². The maximum atomic E-state index is 6.31. The van der Waals surface area contributed by atoms with Crippen LogP contribution in [-0.4, -0.2) is 18.8 Å². The van der Waals surface area contributed by atoms with Crippen molar-refractivity contribution in [2.45, 2.75) is 31.7 Å². The first-order valence-corrected chi connectivity index (χ1v) is 6.33. The maximum Gasteiger partial charge on any atom is 0.164 e. The third-order valence-corrected chi connectivity index (χ3v) is 3.91. The molecule has 0 bridgehead atoms. The molecule has 0 amide bonds. The zero-order chi connectivity index (χ0) is 12.0. The molecule has 0 atom stereocenters. The summed E-state index contributed by atoms with van der Waals surface area (Å²) >= 11 is 6.31. The summed E-state index contributed by atoms with van der Waals surface area (Å²) < 4.78 is 11.2. The van der Waals surface area contributed by atoms with Gasteiger partial charge >= 0.3 is 0 Å². The molecule has 1 aromatic rings. The topological polar surface area (TPSA) is 44.5 Å². The highest BCUT2D eigenvalue weighted by Gasteiger charge is 2.39. The fourth-order valence-corrected chi connectivity index (χ4v) is 2.56. The van der Waals surface area contributed by atoms with Crippen LogP contribution in [-0.2, 0) is 6.42 Å². The number of hydrogen-bond donors (Lipinski definition) is 1. The van der Waals surface area contributed by atoms with E-state index in [9.17, 15) is 0 Å². The smallest absolute Gasteiger partial charge is 0.164 e. The molecule has 2 aliphatic rings. The quantitative estimate of drug-likeness (QED) is 0.881. The van der Waals surface area contributed by atoms with Gasteiger partial charge in [-0.1, -0.05) is 11.6 Å². The Labute approximate surface area is 106 Å². The first kappa shape index (κ1) is 11.2. The molecule has 0 radical (unpaired) electrons. The van der Waals surface area contributed by atoms with Crippen LogP contribution < -0.4 is 15.2 Å². The summed E-state index contributed by atoms with van der Waals surface area (Å²) in [6.45, 7) is 3.21. The fraction of sp³-hybridized carbons (Fsp3) is 0.538. The van der Waals surface area contributed by atoms with Crippen molar-refractivity contribution in [3.8, 4) is 11.5 Å². The molecule has 4 heteroatoms. The van der Waals surface area contributed by atoms with E-state index in [-0.39, 0.29) is 5.54 Å². The average molecular weight is 254 g/mol. The molecule has 2 N–H and O–H groups in total. The van der Waals surface area contributed by atoms with Crippen molar-refractivity contribution in [3.63, 3.8) is 0 Å². The lowest BCUT2D eigenvalue weighted by atomic mass is 9.98. The van der Waals surface area contributed by atoms with Gasteiger partial charge in [0.05, 0.1) is 0 Å². The van der Waals surface area contributed by atoms with Gasteiger partial charge in [-0.3, -0.25) is 0 Å². The maximum absolute atomic E-state index is 6.31. The van der Waals surface area contributed by atoms with Crippen LogP contribution in [0.4, 0.5) is 0 Å². The lowest BCUT2D eigenvalue weighted by Gasteiger charge is -2.23. The van der Waals surface area contributed by atoms with Crippen LogP contribution in [0.2, 0.25) is 5.02 Å². The third kappa shape index (κ3) is 1.98. The predicted molar refractivity (Wildman–Crippen MR) is 67.0 cm³/mol. The van der Waals surface area contributed by atoms with E-state index in [1.54, 1.807) is 0 Å². The molecule has 1 saturated carbocycles. The van der Waals surface area contributed by atoms with E-state index >= 15 is 0 Å². The first-order chi connectivity index (χ1) is 8.09. The lowest BCUT2D eigenvalue weighted by Crippen LogP contribution is -2.25. The Kier molecular flexibility index (Phi) is 2.49. The van der Waals surface area contributed by atoms with Crippen molar-refractivity contribution in [2.24, 2.45) is 5.73 Å². The Hall–Kier alpha value is -0.930. The van der Waals surface area contributed by atoms with Gasteiger partial charge in [0.1, 0.15) is 13.2 Å². The molecule has 3 rings (SSSR count). The molecular weight excluding hydrogens is 238 g/mol. The minimum atomic E-state index is -0.0435. The number of ether oxygens (including phenoxy) is 2. The number of hydrogen-bond acceptors (Lipinski definition) is 3. The van der Waals surface area contributed by atoms with Crippen molar-refractivity contribution in [1.29, 1.82) is 0 Å². The Morgan fingerprint density at radius 2 is 2.06 bits per heavy atom. The Morgan fingerprint density at radius 3 is 2.76 bits per heavy atom. The zero-order valence-electron chi connectivity index (χ0n) is 9.88. The van der Waals surface area contributed by atoms with E-state index in [1.807, 2.05) is 13.0 Å². The van der Waals surface area contributed by atoms with E-state index in [4.69, 9.17) is 26.8 Å². The van der Waals surface area contributed by atoms with Gasteiger partial charge in [-0.05, 0) is 37.3 Å². The normalized spacial score (nSPS) is 20.2. The number of benzene rings is 1. The van der Waals surface area contributed by atoms with Crippen molar-refractivity contribution < 1.29 is 9.47 Å². The largest absolute Gasteiger partial charge is 0.486 e. The van der Waals surface area contributed by atoms with E-state index in [0.717, 1.165) is 46.9 Å². The van der Waals surface area contributed by atoms with Gasteiger partial charge in [0.15, 0.2) is 11.5 Å². The summed E-state index contributed by atoms with van der Waals surface area (Å²) in [5, 5.41) is 0.739. The first-order valence-electron chi connectivity index (χ1n) is 5.95. The summed E-state index contributed by atoms with van der Waals surface area (Å²) in [6.07, 6.45) is 2.99. The van der Waals surface area contributed by atoms with Crippen LogP contribution >= 0.6 is 11.6 Å². The van der Waals surface area contributed by atoms with Crippen LogP contribution in [0, 0.1) is 6.92 Å². The predicted octanol–water partition coefficient (Wildman–Crippen LogP) is 2.45. The highest BCUT2D eigenvalue weighted by Crippen LogP contribution is 2.44. The second-order valence-corrected chi connectivity index (χ2v) is 5.43. The van der Waals surface area contributed by atoms with Crippen LogP contribution in [0.15, 0.2) is 6.07 Å². The molecule has 1 heterocycles. The van der Waals surface area contributed by atoms with Crippen LogP contribution in [0.3, 0.4) is 0 Å². The summed E-state index contributed by atoms with van der Waals surface area (Å²) in [5.41, 5.74) is 8.30. The summed E-state index contributed by atoms with van der Waals surface area (Å²) in [5.74, 6) is 1.59. The van der Waals surface area contributed by atoms with E-state index in [1.165, 1.54) is 0 Å². The summed E-state index contributed by atoms with van der Waals surface area (Å²) in [6, 6.07) is 1.85. The van der Waals surface area contributed by atoms with Gasteiger partial charge in [0.2, 0.25) is 0 Å². The van der Waals surface area contributed by atoms with Gasteiger partial charge in [-0.25, -0.2) is 0 Å². The monoisotopic (exact) mass is 253 g/mol. The molecule has 0 spiro atoms. The third-order valence-electron chi connectivity index (χ3n) is 3.57. The summed E-state index contributed by atoms with van der Waals surface area (Å²) in [4.78, 5) is 0. The average Bonchev–Trinajstić information content (AvgIpc) is 3.03. The van der Waals surface area contributed by atoms with Crippen molar-refractivity contribution >= 4 is 11.6 Å². The highest BCUT2D eigenvalue weighted by atomic mass is 35.5. The highest BCUT2D eigenvalue weighted by molar-refractivity contribution is 6.31. The lowest BCUT2D eigenvalue weighted by molar-refractivity contribution is 0.170. The van der Waals surface area contributed by atoms with Crippen LogP contribution in [0.25, 0.3) is 0 Å². The summed E-state index contributed by atoms with van der Waals surface area (Å²) in [7, 11) is 0. The number of halogens is 1. The minimum Gasteiger partial charge on any atom is -0.486 e. The van der Waals surface area contributed by atoms with Crippen LogP contribution in [0.1, 0.15) is 24.0 Å². The second kappa shape index (κ2) is 3.79.